The van der Waals surface area contributed by atoms with Crippen molar-refractivity contribution in [3.8, 4) is 17.0 Å². The van der Waals surface area contributed by atoms with Crippen molar-refractivity contribution in [3.05, 3.63) is 30.5 Å². The highest BCUT2D eigenvalue weighted by Gasteiger charge is 2.07. The third kappa shape index (κ3) is 4.06. The largest absolute Gasteiger partial charge is 0.490 e. The van der Waals surface area contributed by atoms with E-state index >= 15 is 0 Å². The topological polar surface area (TPSA) is 76.3 Å². The first-order valence-electron chi connectivity index (χ1n) is 6.78. The summed E-state index contributed by atoms with van der Waals surface area (Å²) in [6, 6.07) is 7.74. The molecule has 2 aromatic rings. The molecule has 0 saturated carbocycles. The van der Waals surface area contributed by atoms with Crippen LogP contribution in [0.25, 0.3) is 11.3 Å². The summed E-state index contributed by atoms with van der Waals surface area (Å²) in [7, 11) is 5.90. The summed E-state index contributed by atoms with van der Waals surface area (Å²) in [6.07, 6.45) is 1.65. The molecule has 0 bridgehead atoms. The smallest absolute Gasteiger partial charge is 0.220 e. The number of nitrogens with one attached hydrogen (secondary N) is 1. The van der Waals surface area contributed by atoms with Crippen LogP contribution in [0.1, 0.15) is 0 Å². The number of likely N-dealkylation sites (N-methyl/N-ethyl adjacent to an activating group) is 1. The van der Waals surface area contributed by atoms with Gasteiger partial charge in [-0.1, -0.05) is 6.07 Å². The summed E-state index contributed by atoms with van der Waals surface area (Å²) in [4.78, 5) is 10.2. The molecular formula is C15H21N5O. The SMILES string of the molecule is CNc1ccc(-c2ccnc(N)n2)cc1OCCN(C)C. The first kappa shape index (κ1) is 15.1. The van der Waals surface area contributed by atoms with E-state index in [1.54, 1.807) is 6.20 Å². The number of benzene rings is 1. The molecule has 0 fully saturated rings. The average Bonchev–Trinajstić information content (AvgIpc) is 2.47. The molecule has 0 aliphatic heterocycles. The van der Waals surface area contributed by atoms with Crippen molar-refractivity contribution in [3.63, 3.8) is 0 Å². The number of nitrogen functional groups attached to an aromatic ring is 1. The molecule has 112 valence electrons. The molecule has 0 saturated heterocycles. The number of rotatable bonds is 6. The van der Waals surface area contributed by atoms with Crippen molar-refractivity contribution < 1.29 is 4.74 Å². The van der Waals surface area contributed by atoms with E-state index in [2.05, 4.69) is 20.2 Å². The highest BCUT2D eigenvalue weighted by Crippen LogP contribution is 2.30. The molecule has 0 unspecified atom stereocenters. The first-order valence-corrected chi connectivity index (χ1v) is 6.78. The molecule has 0 atom stereocenters. The summed E-state index contributed by atoms with van der Waals surface area (Å²) in [5.74, 6) is 1.06. The Hall–Kier alpha value is -2.34. The minimum absolute atomic E-state index is 0.264. The molecule has 2 rings (SSSR count). The molecule has 6 nitrogen and oxygen atoms in total. The molecule has 0 radical (unpaired) electrons. The van der Waals surface area contributed by atoms with Crippen LogP contribution in [0, 0.1) is 0 Å². The minimum Gasteiger partial charge on any atom is -0.490 e. The lowest BCUT2D eigenvalue weighted by atomic mass is 10.1. The number of nitrogens with two attached hydrogens (primary N) is 1. The van der Waals surface area contributed by atoms with Gasteiger partial charge in [0.1, 0.15) is 12.4 Å². The molecule has 0 amide bonds. The Balaban J connectivity index is 2.24. The van der Waals surface area contributed by atoms with Gasteiger partial charge in [0.2, 0.25) is 5.95 Å². The first-order chi connectivity index (χ1) is 10.1. The lowest BCUT2D eigenvalue weighted by Gasteiger charge is -2.15. The lowest BCUT2D eigenvalue weighted by Crippen LogP contribution is -2.19. The molecule has 1 aromatic heterocycles. The van der Waals surface area contributed by atoms with Crippen LogP contribution < -0.4 is 15.8 Å². The fraction of sp³-hybridized carbons (Fsp3) is 0.333. The second-order valence-electron chi connectivity index (χ2n) is 4.91. The summed E-state index contributed by atoms with van der Waals surface area (Å²) in [5.41, 5.74) is 8.30. The number of nitrogens with zero attached hydrogens (tertiary/aromatic N) is 3. The van der Waals surface area contributed by atoms with Gasteiger partial charge in [-0.05, 0) is 32.3 Å². The van der Waals surface area contributed by atoms with E-state index in [4.69, 9.17) is 10.5 Å². The van der Waals surface area contributed by atoms with Gasteiger partial charge in [-0.25, -0.2) is 9.97 Å². The normalized spacial score (nSPS) is 10.7. The van der Waals surface area contributed by atoms with Crippen molar-refractivity contribution in [1.82, 2.24) is 14.9 Å². The lowest BCUT2D eigenvalue weighted by molar-refractivity contribution is 0.262. The Morgan fingerprint density at radius 2 is 2.10 bits per heavy atom. The van der Waals surface area contributed by atoms with Crippen molar-refractivity contribution in [2.45, 2.75) is 0 Å². The summed E-state index contributed by atoms with van der Waals surface area (Å²) < 4.78 is 5.85. The molecule has 1 heterocycles. The van der Waals surface area contributed by atoms with E-state index < -0.39 is 0 Å². The van der Waals surface area contributed by atoms with Crippen LogP contribution in [-0.4, -0.2) is 49.2 Å². The van der Waals surface area contributed by atoms with E-state index in [-0.39, 0.29) is 5.95 Å². The van der Waals surface area contributed by atoms with Crippen molar-refractivity contribution in [1.29, 1.82) is 0 Å². The molecule has 0 spiro atoms. The fourth-order valence-electron chi connectivity index (χ4n) is 1.88. The zero-order valence-electron chi connectivity index (χ0n) is 12.6. The highest BCUT2D eigenvalue weighted by molar-refractivity contribution is 5.68. The Morgan fingerprint density at radius 1 is 1.29 bits per heavy atom. The number of hydrogen-bond donors (Lipinski definition) is 2. The van der Waals surface area contributed by atoms with Gasteiger partial charge >= 0.3 is 0 Å². The van der Waals surface area contributed by atoms with Gasteiger partial charge in [-0.15, -0.1) is 0 Å². The average molecular weight is 287 g/mol. The quantitative estimate of drug-likeness (QED) is 0.842. The number of ether oxygens (including phenoxy) is 1. The van der Waals surface area contributed by atoms with Crippen LogP contribution in [0.5, 0.6) is 5.75 Å². The van der Waals surface area contributed by atoms with Crippen molar-refractivity contribution in [2.24, 2.45) is 0 Å². The maximum Gasteiger partial charge on any atom is 0.220 e. The van der Waals surface area contributed by atoms with Gasteiger partial charge in [0.25, 0.3) is 0 Å². The molecular weight excluding hydrogens is 266 g/mol. The Labute approximate surface area is 125 Å². The Morgan fingerprint density at radius 3 is 2.76 bits per heavy atom. The molecule has 21 heavy (non-hydrogen) atoms. The van der Waals surface area contributed by atoms with Crippen molar-refractivity contribution in [2.75, 3.05) is 45.3 Å². The maximum absolute atomic E-state index is 5.85. The number of aromatic nitrogens is 2. The third-order valence-corrected chi connectivity index (χ3v) is 3.02. The molecule has 0 aliphatic carbocycles. The molecule has 0 aliphatic rings. The van der Waals surface area contributed by atoms with Gasteiger partial charge in [-0.2, -0.15) is 0 Å². The van der Waals surface area contributed by atoms with E-state index in [0.717, 1.165) is 29.2 Å². The van der Waals surface area contributed by atoms with Crippen molar-refractivity contribution >= 4 is 11.6 Å². The zero-order valence-corrected chi connectivity index (χ0v) is 12.6. The third-order valence-electron chi connectivity index (χ3n) is 3.02. The summed E-state index contributed by atoms with van der Waals surface area (Å²) in [5, 5.41) is 3.13. The standard InChI is InChI=1S/C15H21N5O/c1-17-13-5-4-11(12-6-7-18-15(16)19-12)10-14(13)21-9-8-20(2)3/h4-7,10,17H,8-9H2,1-3H3,(H2,16,18,19). The van der Waals surface area contributed by atoms with E-state index in [0.29, 0.717) is 6.61 Å². The summed E-state index contributed by atoms with van der Waals surface area (Å²) >= 11 is 0. The zero-order chi connectivity index (χ0) is 15.2. The van der Waals surface area contributed by atoms with Gasteiger partial charge in [-0.3, -0.25) is 0 Å². The monoisotopic (exact) mass is 287 g/mol. The second kappa shape index (κ2) is 6.90. The number of hydrogen-bond acceptors (Lipinski definition) is 6. The molecule has 6 heteroatoms. The van der Waals surface area contributed by atoms with Gasteiger partial charge in [0.05, 0.1) is 11.4 Å². The van der Waals surface area contributed by atoms with Gasteiger partial charge in [0.15, 0.2) is 0 Å². The van der Waals surface area contributed by atoms with Crippen LogP contribution in [0.15, 0.2) is 30.5 Å². The molecule has 3 N–H and O–H groups in total. The predicted octanol–water partition coefficient (Wildman–Crippen LogP) is 1.71. The van der Waals surface area contributed by atoms with E-state index in [9.17, 15) is 0 Å². The maximum atomic E-state index is 5.85. The van der Waals surface area contributed by atoms with E-state index in [1.165, 1.54) is 0 Å². The van der Waals surface area contributed by atoms with Crippen LogP contribution in [0.4, 0.5) is 11.6 Å². The summed E-state index contributed by atoms with van der Waals surface area (Å²) in [6.45, 7) is 1.48. The fourth-order valence-corrected chi connectivity index (χ4v) is 1.88. The minimum atomic E-state index is 0.264. The number of anilines is 2. The highest BCUT2D eigenvalue weighted by atomic mass is 16.5. The van der Waals surface area contributed by atoms with Gasteiger partial charge in [0, 0.05) is 25.4 Å². The second-order valence-corrected chi connectivity index (χ2v) is 4.91. The predicted molar refractivity (Wildman–Crippen MR) is 85.5 cm³/mol. The van der Waals surface area contributed by atoms with E-state index in [1.807, 2.05) is 45.4 Å². The Bertz CT molecular complexity index is 600. The Kier molecular flexibility index (Phi) is 4.94. The van der Waals surface area contributed by atoms with Crippen LogP contribution in [-0.2, 0) is 0 Å². The van der Waals surface area contributed by atoms with Crippen LogP contribution in [0.2, 0.25) is 0 Å². The molecule has 1 aromatic carbocycles. The van der Waals surface area contributed by atoms with Gasteiger partial charge < -0.3 is 20.7 Å². The van der Waals surface area contributed by atoms with Crippen LogP contribution in [0.3, 0.4) is 0 Å². The van der Waals surface area contributed by atoms with Crippen LogP contribution >= 0.6 is 0 Å².